The highest BCUT2D eigenvalue weighted by Gasteiger charge is 2.14. The largest absolute Gasteiger partial charge is 0.454 e. The molecule has 7 nitrogen and oxygen atoms in total. The highest BCUT2D eigenvalue weighted by molar-refractivity contribution is 7.09. The lowest BCUT2D eigenvalue weighted by Crippen LogP contribution is -2.22. The SMILES string of the molecule is Cc1cccc(C(=O)N=c2sc(C)c(C)n2Cc2ccc(C(=O)NCc3ccncc3)o2)c1. The van der Waals surface area contributed by atoms with Crippen LogP contribution in [0, 0.1) is 20.8 Å². The Kier molecular flexibility index (Phi) is 6.65. The van der Waals surface area contributed by atoms with Gasteiger partial charge in [0.2, 0.25) is 0 Å². The van der Waals surface area contributed by atoms with E-state index in [1.54, 1.807) is 30.6 Å². The van der Waals surface area contributed by atoms with Gasteiger partial charge in [-0.25, -0.2) is 0 Å². The van der Waals surface area contributed by atoms with Crippen molar-refractivity contribution in [3.05, 3.63) is 105 Å². The van der Waals surface area contributed by atoms with Gasteiger partial charge < -0.3 is 14.3 Å². The van der Waals surface area contributed by atoms with Gasteiger partial charge in [0.05, 0.1) is 6.54 Å². The van der Waals surface area contributed by atoms with Crippen LogP contribution < -0.4 is 10.1 Å². The maximum absolute atomic E-state index is 12.7. The summed E-state index contributed by atoms with van der Waals surface area (Å²) in [4.78, 5) is 35.2. The molecule has 0 saturated heterocycles. The normalized spacial score (nSPS) is 11.5. The van der Waals surface area contributed by atoms with Crippen molar-refractivity contribution < 1.29 is 14.0 Å². The first-order valence-electron chi connectivity index (χ1n) is 10.5. The summed E-state index contributed by atoms with van der Waals surface area (Å²) in [6.45, 7) is 6.67. The van der Waals surface area contributed by atoms with Crippen molar-refractivity contribution in [2.45, 2.75) is 33.9 Å². The van der Waals surface area contributed by atoms with E-state index < -0.39 is 0 Å². The highest BCUT2D eigenvalue weighted by atomic mass is 32.1. The average molecular weight is 461 g/mol. The van der Waals surface area contributed by atoms with Gasteiger partial charge >= 0.3 is 0 Å². The number of pyridine rings is 1. The van der Waals surface area contributed by atoms with Crippen molar-refractivity contribution in [1.82, 2.24) is 14.9 Å². The molecule has 4 rings (SSSR count). The third-order valence-corrected chi connectivity index (χ3v) is 6.35. The molecular formula is C25H24N4O3S. The van der Waals surface area contributed by atoms with E-state index in [0.29, 0.717) is 29.2 Å². The number of aromatic nitrogens is 2. The summed E-state index contributed by atoms with van der Waals surface area (Å²) in [7, 11) is 0. The molecule has 0 spiro atoms. The number of rotatable bonds is 6. The first kappa shape index (κ1) is 22.4. The quantitative estimate of drug-likeness (QED) is 0.467. The summed E-state index contributed by atoms with van der Waals surface area (Å²) in [5.74, 6) is 0.262. The lowest BCUT2D eigenvalue weighted by atomic mass is 10.1. The molecular weight excluding hydrogens is 436 g/mol. The molecule has 0 unspecified atom stereocenters. The molecule has 0 bridgehead atoms. The molecule has 0 aliphatic heterocycles. The number of aryl methyl sites for hydroxylation is 2. The third kappa shape index (κ3) is 5.35. The molecule has 0 aliphatic carbocycles. The van der Waals surface area contributed by atoms with Gasteiger partial charge in [-0.1, -0.05) is 17.7 Å². The molecule has 2 amide bonds. The average Bonchev–Trinajstić information content (AvgIpc) is 3.39. The van der Waals surface area contributed by atoms with Crippen molar-refractivity contribution in [1.29, 1.82) is 0 Å². The number of hydrogen-bond acceptors (Lipinski definition) is 5. The van der Waals surface area contributed by atoms with E-state index in [4.69, 9.17) is 4.42 Å². The number of furan rings is 1. The molecule has 4 aromatic rings. The van der Waals surface area contributed by atoms with E-state index >= 15 is 0 Å². The van der Waals surface area contributed by atoms with E-state index in [1.165, 1.54) is 11.3 Å². The van der Waals surface area contributed by atoms with Crippen LogP contribution in [-0.2, 0) is 13.1 Å². The molecule has 0 atom stereocenters. The Morgan fingerprint density at radius 2 is 1.88 bits per heavy atom. The van der Waals surface area contributed by atoms with Gasteiger partial charge in [-0.3, -0.25) is 14.6 Å². The first-order chi connectivity index (χ1) is 15.9. The molecule has 8 heteroatoms. The lowest BCUT2D eigenvalue weighted by molar-refractivity contribution is 0.0920. The van der Waals surface area contributed by atoms with Crippen molar-refractivity contribution in [2.24, 2.45) is 4.99 Å². The second-order valence-electron chi connectivity index (χ2n) is 7.70. The van der Waals surface area contributed by atoms with E-state index in [-0.39, 0.29) is 17.6 Å². The van der Waals surface area contributed by atoms with Gasteiger partial charge in [0, 0.05) is 35.1 Å². The van der Waals surface area contributed by atoms with Crippen LogP contribution in [0.5, 0.6) is 0 Å². The van der Waals surface area contributed by atoms with Crippen molar-refractivity contribution in [3.63, 3.8) is 0 Å². The van der Waals surface area contributed by atoms with Crippen LogP contribution in [0.15, 0.2) is 70.3 Å². The summed E-state index contributed by atoms with van der Waals surface area (Å²) in [6.07, 6.45) is 3.36. The Morgan fingerprint density at radius 3 is 2.64 bits per heavy atom. The molecule has 0 saturated carbocycles. The Morgan fingerprint density at radius 1 is 1.09 bits per heavy atom. The number of benzene rings is 1. The van der Waals surface area contributed by atoms with Crippen LogP contribution in [-0.4, -0.2) is 21.4 Å². The Bertz CT molecular complexity index is 1370. The summed E-state index contributed by atoms with van der Waals surface area (Å²) >= 11 is 1.46. The fourth-order valence-corrected chi connectivity index (χ4v) is 4.28. The summed E-state index contributed by atoms with van der Waals surface area (Å²) in [5, 5.41) is 2.84. The van der Waals surface area contributed by atoms with Crippen molar-refractivity contribution in [2.75, 3.05) is 0 Å². The smallest absolute Gasteiger partial charge is 0.287 e. The van der Waals surface area contributed by atoms with E-state index in [1.807, 2.05) is 55.7 Å². The van der Waals surface area contributed by atoms with Gasteiger partial charge in [-0.15, -0.1) is 11.3 Å². The van der Waals surface area contributed by atoms with Gasteiger partial charge in [0.1, 0.15) is 5.76 Å². The number of thiazole rings is 1. The van der Waals surface area contributed by atoms with E-state index in [0.717, 1.165) is 21.7 Å². The van der Waals surface area contributed by atoms with Crippen LogP contribution in [0.3, 0.4) is 0 Å². The Labute approximate surface area is 195 Å². The number of nitrogens with one attached hydrogen (secondary N) is 1. The topological polar surface area (TPSA) is 89.5 Å². The number of amides is 2. The highest BCUT2D eigenvalue weighted by Crippen LogP contribution is 2.15. The van der Waals surface area contributed by atoms with Crippen molar-refractivity contribution in [3.8, 4) is 0 Å². The summed E-state index contributed by atoms with van der Waals surface area (Å²) in [6, 6.07) is 14.5. The Hall–Kier alpha value is -3.78. The van der Waals surface area contributed by atoms with Gasteiger partial charge in [-0.2, -0.15) is 4.99 Å². The van der Waals surface area contributed by atoms with Crippen LogP contribution in [0.25, 0.3) is 0 Å². The van der Waals surface area contributed by atoms with Gasteiger partial charge in [0.25, 0.3) is 11.8 Å². The zero-order chi connectivity index (χ0) is 23.4. The van der Waals surface area contributed by atoms with E-state index in [2.05, 4.69) is 15.3 Å². The molecule has 3 aromatic heterocycles. The monoisotopic (exact) mass is 460 g/mol. The zero-order valence-corrected chi connectivity index (χ0v) is 19.5. The van der Waals surface area contributed by atoms with Crippen LogP contribution >= 0.6 is 11.3 Å². The molecule has 3 heterocycles. The predicted molar refractivity (Wildman–Crippen MR) is 126 cm³/mol. The molecule has 33 heavy (non-hydrogen) atoms. The summed E-state index contributed by atoms with van der Waals surface area (Å²) < 4.78 is 7.73. The van der Waals surface area contributed by atoms with Crippen LogP contribution in [0.2, 0.25) is 0 Å². The standard InChI is InChI=1S/C25H24N4O3S/c1-16-5-4-6-20(13-16)23(30)28-25-29(17(2)18(3)33-25)15-21-7-8-22(32-21)24(31)27-14-19-9-11-26-12-10-19/h4-13H,14-15H2,1-3H3,(H,27,31). The zero-order valence-electron chi connectivity index (χ0n) is 18.7. The van der Waals surface area contributed by atoms with Gasteiger partial charge in [-0.05, 0) is 62.7 Å². The number of carbonyl (C=O) groups is 2. The molecule has 0 radical (unpaired) electrons. The minimum atomic E-state index is -0.291. The van der Waals surface area contributed by atoms with E-state index in [9.17, 15) is 9.59 Å². The lowest BCUT2D eigenvalue weighted by Gasteiger charge is -2.05. The maximum Gasteiger partial charge on any atom is 0.287 e. The number of nitrogens with zero attached hydrogens (tertiary/aromatic N) is 3. The fourth-order valence-electron chi connectivity index (χ4n) is 3.31. The molecule has 168 valence electrons. The summed E-state index contributed by atoms with van der Waals surface area (Å²) in [5.41, 5.74) is 3.51. The minimum Gasteiger partial charge on any atom is -0.454 e. The first-order valence-corrected chi connectivity index (χ1v) is 11.3. The molecule has 1 N–H and O–H groups in total. The number of hydrogen-bond donors (Lipinski definition) is 1. The number of carbonyl (C=O) groups excluding carboxylic acids is 2. The maximum atomic E-state index is 12.7. The fraction of sp³-hybridized carbons (Fsp3) is 0.200. The second kappa shape index (κ2) is 9.79. The third-order valence-electron chi connectivity index (χ3n) is 5.25. The Balaban J connectivity index is 1.52. The molecule has 1 aromatic carbocycles. The van der Waals surface area contributed by atoms with Gasteiger partial charge in [0.15, 0.2) is 10.6 Å². The van der Waals surface area contributed by atoms with Crippen LogP contribution in [0.4, 0.5) is 0 Å². The van der Waals surface area contributed by atoms with Crippen molar-refractivity contribution >= 4 is 23.2 Å². The van der Waals surface area contributed by atoms with Crippen LogP contribution in [0.1, 0.15) is 48.4 Å². The second-order valence-corrected chi connectivity index (χ2v) is 8.88. The molecule has 0 aliphatic rings. The predicted octanol–water partition coefficient (Wildman–Crippen LogP) is 4.18. The molecule has 0 fully saturated rings. The minimum absolute atomic E-state index is 0.235.